The second-order valence-corrected chi connectivity index (χ2v) is 8.56. The smallest absolute Gasteiger partial charge is 0.507 e. The Bertz CT molecular complexity index is 1300. The second kappa shape index (κ2) is 9.98. The first-order valence-electron chi connectivity index (χ1n) is 10.7. The fourth-order valence-electron chi connectivity index (χ4n) is 3.96. The molecule has 0 spiro atoms. The van der Waals surface area contributed by atoms with Crippen LogP contribution in [0, 0.1) is 0 Å². The summed E-state index contributed by atoms with van der Waals surface area (Å²) in [5.41, 5.74) is 2.06. The van der Waals surface area contributed by atoms with E-state index >= 15 is 0 Å². The number of phenolic OH excluding ortho intramolecular Hbond substituents is 2. The van der Waals surface area contributed by atoms with Crippen molar-refractivity contribution in [3.8, 4) is 17.2 Å². The van der Waals surface area contributed by atoms with Gasteiger partial charge in [0.25, 0.3) is 5.91 Å². The number of phenols is 2. The number of nitrogens with one attached hydrogen (secondary N) is 1. The highest BCUT2D eigenvalue weighted by Crippen LogP contribution is 2.34. The van der Waals surface area contributed by atoms with Crippen LogP contribution in [-0.2, 0) is 24.3 Å². The summed E-state index contributed by atoms with van der Waals surface area (Å²) in [5.74, 6) is -2.40. The van der Waals surface area contributed by atoms with Crippen LogP contribution in [-0.4, -0.2) is 39.3 Å². The zero-order valence-electron chi connectivity index (χ0n) is 18.6. The van der Waals surface area contributed by atoms with E-state index in [0.717, 1.165) is 35.4 Å². The zero-order valence-corrected chi connectivity index (χ0v) is 19.3. The Kier molecular flexibility index (Phi) is 6.98. The monoisotopic (exact) mass is 520 g/mol. The first-order valence-corrected chi connectivity index (χ1v) is 11.1. The van der Waals surface area contributed by atoms with E-state index in [2.05, 4.69) is 10.1 Å². The molecule has 0 saturated carbocycles. The van der Waals surface area contributed by atoms with E-state index in [9.17, 15) is 33.0 Å². The maximum Gasteiger partial charge on any atom is 0.573 e. The normalized spacial score (nSPS) is 15.2. The lowest BCUT2D eigenvalue weighted by molar-refractivity contribution is -0.274. The highest BCUT2D eigenvalue weighted by Gasteiger charge is 2.36. The van der Waals surface area contributed by atoms with Gasteiger partial charge in [-0.25, -0.2) is 0 Å². The molecule has 11 heteroatoms. The van der Waals surface area contributed by atoms with E-state index in [1.54, 1.807) is 0 Å². The molecule has 2 amide bonds. The molecule has 1 aliphatic rings. The third-order valence-corrected chi connectivity index (χ3v) is 6.03. The van der Waals surface area contributed by atoms with Crippen molar-refractivity contribution in [2.24, 2.45) is 0 Å². The molecule has 0 unspecified atom stereocenters. The van der Waals surface area contributed by atoms with Gasteiger partial charge < -0.3 is 25.2 Å². The predicted octanol–water partition coefficient (Wildman–Crippen LogP) is 4.53. The number of hydrogen-bond donors (Lipinski definition) is 3. The number of fused-ring (bicyclic) bond motifs is 1. The molecule has 0 aliphatic carbocycles. The lowest BCUT2D eigenvalue weighted by Crippen LogP contribution is -2.52. The number of rotatable bonds is 5. The van der Waals surface area contributed by atoms with E-state index in [0.29, 0.717) is 5.56 Å². The molecule has 0 fully saturated rings. The summed E-state index contributed by atoms with van der Waals surface area (Å²) in [6.07, 6.45) is -4.60. The SMILES string of the molecule is O=C(NCc1ccc(OC(F)(F)F)cc1)[C@H]1Cc2ccccc2CN1C(=O)c1cc(Cl)c(O)cc1O. The summed E-state index contributed by atoms with van der Waals surface area (Å²) >= 11 is 5.93. The minimum Gasteiger partial charge on any atom is -0.507 e. The van der Waals surface area contributed by atoms with E-state index in [4.69, 9.17) is 11.6 Å². The summed E-state index contributed by atoms with van der Waals surface area (Å²) in [5, 5.41) is 22.5. The van der Waals surface area contributed by atoms with Crippen LogP contribution in [0.5, 0.6) is 17.2 Å². The molecule has 4 rings (SSSR count). The number of amides is 2. The van der Waals surface area contributed by atoms with Crippen LogP contribution in [0.25, 0.3) is 0 Å². The van der Waals surface area contributed by atoms with Gasteiger partial charge in [-0.1, -0.05) is 48.0 Å². The number of carbonyl (C=O) groups is 2. The van der Waals surface area contributed by atoms with Crippen molar-refractivity contribution >= 4 is 23.4 Å². The summed E-state index contributed by atoms with van der Waals surface area (Å²) in [4.78, 5) is 27.9. The standard InChI is InChI=1S/C25H20ClF3N2O5/c26-19-10-18(21(32)11-22(19)33)24(35)31-13-16-4-2-1-3-15(16)9-20(31)23(34)30-12-14-5-7-17(8-6-14)36-25(27,28)29/h1-8,10-11,20,32-33H,9,12-13H2,(H,30,34)/t20-/m1/s1. The number of carbonyl (C=O) groups excluding carboxylic acids is 2. The molecule has 0 saturated heterocycles. The van der Waals surface area contributed by atoms with Gasteiger partial charge in [-0.05, 0) is 34.9 Å². The van der Waals surface area contributed by atoms with Crippen LogP contribution in [0.1, 0.15) is 27.0 Å². The minimum atomic E-state index is -4.81. The first kappa shape index (κ1) is 25.2. The van der Waals surface area contributed by atoms with Gasteiger partial charge >= 0.3 is 6.36 Å². The topological polar surface area (TPSA) is 99.1 Å². The molecule has 1 aliphatic heterocycles. The third kappa shape index (κ3) is 5.65. The first-order chi connectivity index (χ1) is 17.0. The van der Waals surface area contributed by atoms with E-state index in [-0.39, 0.29) is 35.8 Å². The second-order valence-electron chi connectivity index (χ2n) is 8.15. The van der Waals surface area contributed by atoms with Crippen molar-refractivity contribution in [1.82, 2.24) is 10.2 Å². The van der Waals surface area contributed by atoms with Crippen molar-refractivity contribution in [2.45, 2.75) is 31.9 Å². The molecule has 1 atom stereocenters. The maximum absolute atomic E-state index is 13.4. The van der Waals surface area contributed by atoms with Gasteiger partial charge in [-0.2, -0.15) is 0 Å². The molecule has 0 radical (unpaired) electrons. The van der Waals surface area contributed by atoms with Crippen molar-refractivity contribution in [3.05, 3.63) is 87.9 Å². The van der Waals surface area contributed by atoms with Gasteiger partial charge in [-0.3, -0.25) is 9.59 Å². The van der Waals surface area contributed by atoms with E-state index in [1.807, 2.05) is 24.3 Å². The lowest BCUT2D eigenvalue weighted by Gasteiger charge is -2.36. The highest BCUT2D eigenvalue weighted by atomic mass is 35.5. The van der Waals surface area contributed by atoms with Gasteiger partial charge in [0.2, 0.25) is 5.91 Å². The Labute approximate surface area is 208 Å². The quantitative estimate of drug-likeness (QED) is 0.459. The fraction of sp³-hybridized carbons (Fsp3) is 0.200. The lowest BCUT2D eigenvalue weighted by atomic mass is 9.92. The molecular formula is C25H20ClF3N2O5. The molecule has 3 aromatic carbocycles. The zero-order chi connectivity index (χ0) is 26.0. The number of aromatic hydroxyl groups is 2. The third-order valence-electron chi connectivity index (χ3n) is 5.73. The fourth-order valence-corrected chi connectivity index (χ4v) is 4.13. The summed E-state index contributed by atoms with van der Waals surface area (Å²) in [7, 11) is 0. The largest absolute Gasteiger partial charge is 0.573 e. The van der Waals surface area contributed by atoms with E-state index in [1.165, 1.54) is 17.0 Å². The Hall–Kier alpha value is -3.92. The molecular weight excluding hydrogens is 501 g/mol. The van der Waals surface area contributed by atoms with Crippen LogP contribution in [0.3, 0.4) is 0 Å². The Balaban J connectivity index is 1.54. The van der Waals surface area contributed by atoms with E-state index < -0.39 is 35.7 Å². The molecule has 36 heavy (non-hydrogen) atoms. The molecule has 7 nitrogen and oxygen atoms in total. The van der Waals surface area contributed by atoms with Gasteiger partial charge in [0.05, 0.1) is 10.6 Å². The van der Waals surface area contributed by atoms with Gasteiger partial charge in [-0.15, -0.1) is 13.2 Å². The van der Waals surface area contributed by atoms with Gasteiger partial charge in [0.1, 0.15) is 23.3 Å². The molecule has 0 bridgehead atoms. The maximum atomic E-state index is 13.4. The average molecular weight is 521 g/mol. The van der Waals surface area contributed by atoms with Crippen LogP contribution < -0.4 is 10.1 Å². The molecule has 3 N–H and O–H groups in total. The van der Waals surface area contributed by atoms with Crippen LogP contribution in [0.4, 0.5) is 13.2 Å². The number of nitrogens with zero attached hydrogens (tertiary/aromatic N) is 1. The number of alkyl halides is 3. The molecule has 3 aromatic rings. The number of hydrogen-bond acceptors (Lipinski definition) is 5. The Morgan fingerprint density at radius 3 is 2.36 bits per heavy atom. The van der Waals surface area contributed by atoms with Crippen molar-refractivity contribution in [2.75, 3.05) is 0 Å². The molecule has 1 heterocycles. The van der Waals surface area contributed by atoms with Crippen molar-refractivity contribution in [1.29, 1.82) is 0 Å². The van der Waals surface area contributed by atoms with Crippen molar-refractivity contribution in [3.63, 3.8) is 0 Å². The molecule has 188 valence electrons. The average Bonchev–Trinajstić information content (AvgIpc) is 2.83. The van der Waals surface area contributed by atoms with Crippen molar-refractivity contribution < 1.29 is 37.7 Å². The van der Waals surface area contributed by atoms with Crippen LogP contribution >= 0.6 is 11.6 Å². The summed E-state index contributed by atoms with van der Waals surface area (Å²) < 4.78 is 40.9. The summed E-state index contributed by atoms with van der Waals surface area (Å²) in [6.45, 7) is 0.0934. The number of halogens is 4. The van der Waals surface area contributed by atoms with Crippen LogP contribution in [0.2, 0.25) is 5.02 Å². The Morgan fingerprint density at radius 2 is 1.69 bits per heavy atom. The highest BCUT2D eigenvalue weighted by molar-refractivity contribution is 6.32. The van der Waals surface area contributed by atoms with Gasteiger partial charge in [0, 0.05) is 25.6 Å². The van der Waals surface area contributed by atoms with Crippen LogP contribution in [0.15, 0.2) is 60.7 Å². The summed E-state index contributed by atoms with van der Waals surface area (Å²) in [6, 6.07) is 13.5. The number of benzene rings is 3. The molecule has 0 aromatic heterocycles. The number of ether oxygens (including phenoxy) is 1. The Morgan fingerprint density at radius 1 is 1.03 bits per heavy atom. The minimum absolute atomic E-state index is 0.00158. The predicted molar refractivity (Wildman–Crippen MR) is 124 cm³/mol. The van der Waals surface area contributed by atoms with Gasteiger partial charge in [0.15, 0.2) is 0 Å².